The average Bonchev–Trinajstić information content (AvgIpc) is 2.76. The van der Waals surface area contributed by atoms with Gasteiger partial charge in [0, 0.05) is 12.1 Å². The zero-order chi connectivity index (χ0) is 14.5. The molecule has 0 aromatic heterocycles. The molecule has 0 radical (unpaired) electrons. The summed E-state index contributed by atoms with van der Waals surface area (Å²) < 4.78 is 0. The van der Waals surface area contributed by atoms with E-state index >= 15 is 0 Å². The lowest BCUT2D eigenvalue weighted by Crippen LogP contribution is -2.17. The highest BCUT2D eigenvalue weighted by atomic mass is 16.4. The minimum atomic E-state index is -0.892. The molecule has 4 nitrogen and oxygen atoms in total. The second-order valence-corrected chi connectivity index (χ2v) is 5.76. The van der Waals surface area contributed by atoms with Gasteiger partial charge in [-0.2, -0.15) is 0 Å². The van der Waals surface area contributed by atoms with Gasteiger partial charge in [-0.1, -0.05) is 31.5 Å². The first-order valence-electron chi connectivity index (χ1n) is 7.14. The van der Waals surface area contributed by atoms with Crippen LogP contribution in [0.25, 0.3) is 0 Å². The molecule has 0 bridgehead atoms. The third kappa shape index (κ3) is 4.08. The van der Waals surface area contributed by atoms with Gasteiger partial charge in [-0.15, -0.1) is 0 Å². The summed E-state index contributed by atoms with van der Waals surface area (Å²) in [6.45, 7) is 2.22. The number of para-hydroxylation sites is 1. The molecule has 1 aliphatic rings. The van der Waals surface area contributed by atoms with Crippen molar-refractivity contribution in [2.75, 3.05) is 5.32 Å². The zero-order valence-corrected chi connectivity index (χ0v) is 11.8. The van der Waals surface area contributed by atoms with E-state index in [4.69, 9.17) is 5.11 Å². The number of benzene rings is 1. The molecule has 1 aromatic carbocycles. The Balaban J connectivity index is 1.95. The number of carbonyl (C=O) groups excluding carboxylic acids is 1. The third-order valence-corrected chi connectivity index (χ3v) is 3.91. The van der Waals surface area contributed by atoms with Crippen LogP contribution in [0, 0.1) is 11.8 Å². The number of carbonyl (C=O) groups is 2. The summed E-state index contributed by atoms with van der Waals surface area (Å²) in [5.41, 5.74) is 1.26. The maximum Gasteiger partial charge on any atom is 0.307 e. The van der Waals surface area contributed by atoms with Crippen molar-refractivity contribution in [3.8, 4) is 0 Å². The zero-order valence-electron chi connectivity index (χ0n) is 11.8. The number of rotatable bonds is 5. The van der Waals surface area contributed by atoms with E-state index in [0.29, 0.717) is 29.5 Å². The minimum absolute atomic E-state index is 0.0121. The molecule has 108 valence electrons. The van der Waals surface area contributed by atoms with Gasteiger partial charge >= 0.3 is 5.97 Å². The van der Waals surface area contributed by atoms with Gasteiger partial charge in [0.15, 0.2) is 0 Å². The molecule has 0 heterocycles. The molecule has 0 aliphatic heterocycles. The van der Waals surface area contributed by atoms with Gasteiger partial charge in [-0.05, 0) is 36.3 Å². The van der Waals surface area contributed by atoms with Crippen molar-refractivity contribution >= 4 is 17.6 Å². The summed E-state index contributed by atoms with van der Waals surface area (Å²) in [6, 6.07) is 7.08. The van der Waals surface area contributed by atoms with Crippen LogP contribution in [0.5, 0.6) is 0 Å². The van der Waals surface area contributed by atoms with Crippen LogP contribution in [0.3, 0.4) is 0 Å². The van der Waals surface area contributed by atoms with E-state index in [1.54, 1.807) is 24.3 Å². The number of nitrogens with one attached hydrogen (secondary N) is 1. The van der Waals surface area contributed by atoms with E-state index in [2.05, 4.69) is 12.2 Å². The Labute approximate surface area is 119 Å². The number of carboxylic acids is 1. The number of amides is 1. The van der Waals surface area contributed by atoms with Crippen molar-refractivity contribution < 1.29 is 14.7 Å². The van der Waals surface area contributed by atoms with Crippen LogP contribution in [0.2, 0.25) is 0 Å². The summed E-state index contributed by atoms with van der Waals surface area (Å²) in [4.78, 5) is 22.9. The van der Waals surface area contributed by atoms with E-state index in [1.807, 2.05) is 0 Å². The Morgan fingerprint density at radius 2 is 2.05 bits per heavy atom. The predicted octanol–water partition coefficient (Wildman–Crippen LogP) is 3.08. The van der Waals surface area contributed by atoms with E-state index in [-0.39, 0.29) is 12.3 Å². The molecule has 0 spiro atoms. The number of aliphatic carboxylic acids is 1. The van der Waals surface area contributed by atoms with Crippen molar-refractivity contribution in [1.29, 1.82) is 0 Å². The molecule has 1 saturated carbocycles. The Morgan fingerprint density at radius 1 is 1.30 bits per heavy atom. The molecule has 2 atom stereocenters. The van der Waals surface area contributed by atoms with Crippen molar-refractivity contribution in [3.05, 3.63) is 29.8 Å². The number of hydrogen-bond acceptors (Lipinski definition) is 2. The fraction of sp³-hybridized carbons (Fsp3) is 0.500. The smallest absolute Gasteiger partial charge is 0.307 e. The first-order valence-corrected chi connectivity index (χ1v) is 7.14. The van der Waals surface area contributed by atoms with E-state index < -0.39 is 5.97 Å². The summed E-state index contributed by atoms with van der Waals surface area (Å²) in [6.07, 6.45) is 3.89. The van der Waals surface area contributed by atoms with Gasteiger partial charge in [-0.25, -0.2) is 0 Å². The lowest BCUT2D eigenvalue weighted by Gasteiger charge is -2.12. The number of carboxylic acid groups (broad SMARTS) is 1. The van der Waals surface area contributed by atoms with Gasteiger partial charge in [-0.3, -0.25) is 9.59 Å². The molecular formula is C16H21NO3. The highest BCUT2D eigenvalue weighted by Crippen LogP contribution is 2.32. The standard InChI is InChI=1S/C16H21NO3/c1-11-6-7-12(8-11)9-15(18)17-14-5-3-2-4-13(14)10-16(19)20/h2-5,11-12H,6-10H2,1H3,(H,17,18)(H,19,20). The molecule has 1 fully saturated rings. The highest BCUT2D eigenvalue weighted by Gasteiger charge is 2.23. The van der Waals surface area contributed by atoms with Gasteiger partial charge in [0.1, 0.15) is 0 Å². The molecular weight excluding hydrogens is 254 g/mol. The second kappa shape index (κ2) is 6.55. The fourth-order valence-electron chi connectivity index (χ4n) is 2.93. The molecule has 0 saturated heterocycles. The largest absolute Gasteiger partial charge is 0.481 e. The number of anilines is 1. The SMILES string of the molecule is CC1CCC(CC(=O)Nc2ccccc2CC(=O)O)C1. The highest BCUT2D eigenvalue weighted by molar-refractivity contribution is 5.92. The predicted molar refractivity (Wildman–Crippen MR) is 77.5 cm³/mol. The lowest BCUT2D eigenvalue weighted by molar-refractivity contribution is -0.136. The summed E-state index contributed by atoms with van der Waals surface area (Å²) in [5.74, 6) is 0.280. The maximum atomic E-state index is 12.1. The first kappa shape index (κ1) is 14.6. The molecule has 2 N–H and O–H groups in total. The minimum Gasteiger partial charge on any atom is -0.481 e. The summed E-state index contributed by atoms with van der Waals surface area (Å²) >= 11 is 0. The average molecular weight is 275 g/mol. The van der Waals surface area contributed by atoms with Crippen LogP contribution in [0.15, 0.2) is 24.3 Å². The second-order valence-electron chi connectivity index (χ2n) is 5.76. The molecule has 1 aromatic rings. The Morgan fingerprint density at radius 3 is 2.70 bits per heavy atom. The van der Waals surface area contributed by atoms with Crippen LogP contribution in [0.1, 0.15) is 38.2 Å². The first-order chi connectivity index (χ1) is 9.54. The maximum absolute atomic E-state index is 12.1. The van der Waals surface area contributed by atoms with Crippen molar-refractivity contribution in [2.45, 2.75) is 39.0 Å². The van der Waals surface area contributed by atoms with E-state index in [9.17, 15) is 9.59 Å². The monoisotopic (exact) mass is 275 g/mol. The van der Waals surface area contributed by atoms with E-state index in [0.717, 1.165) is 12.8 Å². The van der Waals surface area contributed by atoms with Gasteiger partial charge in [0.2, 0.25) is 5.91 Å². The Bertz CT molecular complexity index is 498. The quantitative estimate of drug-likeness (QED) is 0.867. The topological polar surface area (TPSA) is 66.4 Å². The molecule has 2 unspecified atom stereocenters. The van der Waals surface area contributed by atoms with Crippen LogP contribution in [-0.2, 0) is 16.0 Å². The fourth-order valence-corrected chi connectivity index (χ4v) is 2.93. The van der Waals surface area contributed by atoms with Crippen LogP contribution < -0.4 is 5.32 Å². The Kier molecular flexibility index (Phi) is 4.77. The summed E-state index contributed by atoms with van der Waals surface area (Å²) in [7, 11) is 0. The number of hydrogen-bond donors (Lipinski definition) is 2. The van der Waals surface area contributed by atoms with Crippen LogP contribution in [0.4, 0.5) is 5.69 Å². The summed E-state index contributed by atoms with van der Waals surface area (Å²) in [5, 5.41) is 11.7. The van der Waals surface area contributed by atoms with Crippen LogP contribution in [-0.4, -0.2) is 17.0 Å². The van der Waals surface area contributed by atoms with Gasteiger partial charge < -0.3 is 10.4 Å². The van der Waals surface area contributed by atoms with Crippen molar-refractivity contribution in [2.24, 2.45) is 11.8 Å². The molecule has 1 aliphatic carbocycles. The third-order valence-electron chi connectivity index (χ3n) is 3.91. The van der Waals surface area contributed by atoms with Crippen molar-refractivity contribution in [3.63, 3.8) is 0 Å². The molecule has 2 rings (SSSR count). The molecule has 1 amide bonds. The van der Waals surface area contributed by atoms with Crippen LogP contribution >= 0.6 is 0 Å². The van der Waals surface area contributed by atoms with Gasteiger partial charge in [0.05, 0.1) is 6.42 Å². The van der Waals surface area contributed by atoms with Gasteiger partial charge in [0.25, 0.3) is 0 Å². The normalized spacial score (nSPS) is 21.6. The Hall–Kier alpha value is -1.84. The van der Waals surface area contributed by atoms with E-state index in [1.165, 1.54) is 6.42 Å². The lowest BCUT2D eigenvalue weighted by atomic mass is 10.0. The molecule has 20 heavy (non-hydrogen) atoms. The van der Waals surface area contributed by atoms with Crippen molar-refractivity contribution in [1.82, 2.24) is 0 Å². The molecule has 4 heteroatoms.